The average Bonchev–Trinajstić information content (AvgIpc) is 3.17. The van der Waals surface area contributed by atoms with Crippen LogP contribution in [0.1, 0.15) is 36.4 Å². The number of aromatic nitrogens is 2. The third-order valence-corrected chi connectivity index (χ3v) is 5.95. The maximum absolute atomic E-state index is 13.5. The van der Waals surface area contributed by atoms with Crippen LogP contribution in [0.3, 0.4) is 0 Å². The predicted molar refractivity (Wildman–Crippen MR) is 123 cm³/mol. The Morgan fingerprint density at radius 2 is 1.73 bits per heavy atom. The molecule has 0 bridgehead atoms. The number of rotatable bonds is 7. The Labute approximate surface area is 192 Å². The summed E-state index contributed by atoms with van der Waals surface area (Å²) in [5.74, 6) is -0.536. The van der Waals surface area contributed by atoms with Crippen molar-refractivity contribution in [1.82, 2.24) is 24.9 Å². The Kier molecular flexibility index (Phi) is 7.03. The highest BCUT2D eigenvalue weighted by molar-refractivity contribution is 5.74. The van der Waals surface area contributed by atoms with E-state index in [0.717, 1.165) is 41.2 Å². The molecule has 0 saturated carbocycles. The quantitative estimate of drug-likeness (QED) is 0.582. The number of benzene rings is 2. The van der Waals surface area contributed by atoms with E-state index in [9.17, 15) is 13.6 Å². The molecule has 0 saturated heterocycles. The highest BCUT2D eigenvalue weighted by Crippen LogP contribution is 2.27. The molecule has 1 aliphatic heterocycles. The minimum atomic E-state index is -0.293. The number of hydrogen-bond acceptors (Lipinski definition) is 3. The Morgan fingerprint density at radius 1 is 1.06 bits per heavy atom. The first kappa shape index (κ1) is 22.9. The van der Waals surface area contributed by atoms with Crippen LogP contribution in [0.4, 0.5) is 13.6 Å². The van der Waals surface area contributed by atoms with Crippen molar-refractivity contribution >= 4 is 6.03 Å². The number of carbonyl (C=O) groups excluding carboxylic acids is 1. The molecule has 0 aliphatic carbocycles. The molecule has 3 aromatic rings. The fraction of sp³-hybridized carbons (Fsp3) is 0.360. The summed E-state index contributed by atoms with van der Waals surface area (Å²) >= 11 is 0. The zero-order chi connectivity index (χ0) is 23.4. The molecule has 2 aromatic carbocycles. The molecule has 2 heterocycles. The molecule has 1 aliphatic rings. The summed E-state index contributed by atoms with van der Waals surface area (Å²) in [6.45, 7) is 7.55. The normalized spacial score (nSPS) is 13.6. The Hall–Kier alpha value is -3.26. The molecule has 2 amide bonds. The lowest BCUT2D eigenvalue weighted by molar-refractivity contribution is 0.197. The third-order valence-electron chi connectivity index (χ3n) is 5.95. The molecule has 1 aromatic heterocycles. The van der Waals surface area contributed by atoms with Gasteiger partial charge in [-0.3, -0.25) is 4.90 Å². The van der Waals surface area contributed by atoms with Gasteiger partial charge in [-0.15, -0.1) is 0 Å². The third kappa shape index (κ3) is 5.22. The number of nitrogens with one attached hydrogen (secondary N) is 1. The Bertz CT molecular complexity index is 1100. The van der Waals surface area contributed by atoms with E-state index in [4.69, 9.17) is 5.10 Å². The maximum Gasteiger partial charge on any atom is 0.317 e. The van der Waals surface area contributed by atoms with Crippen molar-refractivity contribution in [2.75, 3.05) is 19.6 Å². The second-order valence-electron chi connectivity index (χ2n) is 8.20. The fourth-order valence-corrected chi connectivity index (χ4v) is 4.22. The molecule has 33 heavy (non-hydrogen) atoms. The van der Waals surface area contributed by atoms with Crippen LogP contribution in [0.15, 0.2) is 48.5 Å². The van der Waals surface area contributed by atoms with Crippen molar-refractivity contribution in [1.29, 1.82) is 0 Å². The number of carbonyl (C=O) groups is 1. The predicted octanol–water partition coefficient (Wildman–Crippen LogP) is 4.26. The average molecular weight is 454 g/mol. The van der Waals surface area contributed by atoms with Crippen molar-refractivity contribution < 1.29 is 13.6 Å². The first-order valence-corrected chi connectivity index (χ1v) is 11.3. The molecule has 1 N–H and O–H groups in total. The van der Waals surface area contributed by atoms with Gasteiger partial charge in [0.1, 0.15) is 11.6 Å². The van der Waals surface area contributed by atoms with Gasteiger partial charge in [0.25, 0.3) is 0 Å². The van der Waals surface area contributed by atoms with Crippen molar-refractivity contribution in [3.05, 3.63) is 82.7 Å². The summed E-state index contributed by atoms with van der Waals surface area (Å²) < 4.78 is 28.7. The van der Waals surface area contributed by atoms with Gasteiger partial charge in [0.2, 0.25) is 0 Å². The summed E-state index contributed by atoms with van der Waals surface area (Å²) in [4.78, 5) is 16.5. The van der Waals surface area contributed by atoms with E-state index in [1.165, 1.54) is 24.3 Å². The van der Waals surface area contributed by atoms with Crippen molar-refractivity contribution in [2.24, 2.45) is 0 Å². The second kappa shape index (κ2) is 10.1. The van der Waals surface area contributed by atoms with E-state index < -0.39 is 0 Å². The number of urea groups is 1. The zero-order valence-electron chi connectivity index (χ0n) is 19.0. The van der Waals surface area contributed by atoms with Crippen LogP contribution in [-0.2, 0) is 26.1 Å². The summed E-state index contributed by atoms with van der Waals surface area (Å²) in [6, 6.07) is 12.8. The summed E-state index contributed by atoms with van der Waals surface area (Å²) in [6.07, 6.45) is 0.772. The SMILES string of the molecule is CCNC(=O)N(CC)Cc1nn(-c2ccc(F)cc2)c2c1CN(Cc1ccc(F)cc1)CC2. The molecule has 0 radical (unpaired) electrons. The van der Waals surface area contributed by atoms with Gasteiger partial charge < -0.3 is 10.2 Å². The fourth-order valence-electron chi connectivity index (χ4n) is 4.22. The van der Waals surface area contributed by atoms with E-state index in [0.29, 0.717) is 32.7 Å². The molecule has 4 rings (SSSR count). The van der Waals surface area contributed by atoms with E-state index in [-0.39, 0.29) is 17.7 Å². The molecule has 8 heteroatoms. The van der Waals surface area contributed by atoms with Gasteiger partial charge in [0.15, 0.2) is 0 Å². The molecule has 0 unspecified atom stereocenters. The van der Waals surface area contributed by atoms with Crippen LogP contribution in [-0.4, -0.2) is 45.2 Å². The number of halogens is 2. The molecule has 0 fully saturated rings. The van der Waals surface area contributed by atoms with E-state index in [1.54, 1.807) is 17.0 Å². The Morgan fingerprint density at radius 3 is 2.36 bits per heavy atom. The summed E-state index contributed by atoms with van der Waals surface area (Å²) in [5, 5.41) is 7.73. The summed E-state index contributed by atoms with van der Waals surface area (Å²) in [7, 11) is 0. The first-order valence-electron chi connectivity index (χ1n) is 11.3. The zero-order valence-corrected chi connectivity index (χ0v) is 19.0. The lowest BCUT2D eigenvalue weighted by Gasteiger charge is -2.28. The number of hydrogen-bond donors (Lipinski definition) is 1. The largest absolute Gasteiger partial charge is 0.338 e. The molecule has 174 valence electrons. The van der Waals surface area contributed by atoms with Crippen LogP contribution in [0.5, 0.6) is 0 Å². The van der Waals surface area contributed by atoms with Crippen molar-refractivity contribution in [2.45, 2.75) is 39.9 Å². The second-order valence-corrected chi connectivity index (χ2v) is 8.20. The minimum Gasteiger partial charge on any atom is -0.338 e. The van der Waals surface area contributed by atoms with Crippen LogP contribution in [0.2, 0.25) is 0 Å². The van der Waals surface area contributed by atoms with Gasteiger partial charge in [-0.2, -0.15) is 5.10 Å². The molecule has 6 nitrogen and oxygen atoms in total. The highest BCUT2D eigenvalue weighted by atomic mass is 19.1. The minimum absolute atomic E-state index is 0.121. The molecule has 0 spiro atoms. The number of nitrogens with zero attached hydrogens (tertiary/aromatic N) is 4. The highest BCUT2D eigenvalue weighted by Gasteiger charge is 2.27. The van der Waals surface area contributed by atoms with Gasteiger partial charge in [0, 0.05) is 44.7 Å². The first-order chi connectivity index (χ1) is 16.0. The van der Waals surface area contributed by atoms with Crippen LogP contribution >= 0.6 is 0 Å². The van der Waals surface area contributed by atoms with Crippen LogP contribution in [0.25, 0.3) is 5.69 Å². The van der Waals surface area contributed by atoms with Gasteiger partial charge in [0.05, 0.1) is 23.6 Å². The Balaban J connectivity index is 1.65. The monoisotopic (exact) mass is 453 g/mol. The maximum atomic E-state index is 13.5. The molecule has 0 atom stereocenters. The number of amides is 2. The van der Waals surface area contributed by atoms with Gasteiger partial charge in [-0.1, -0.05) is 12.1 Å². The van der Waals surface area contributed by atoms with Gasteiger partial charge in [-0.25, -0.2) is 18.3 Å². The number of fused-ring (bicyclic) bond motifs is 1. The van der Waals surface area contributed by atoms with Crippen molar-refractivity contribution in [3.8, 4) is 5.69 Å². The molecular formula is C25H29F2N5O. The lowest BCUT2D eigenvalue weighted by Crippen LogP contribution is -2.39. The van der Waals surface area contributed by atoms with Gasteiger partial charge >= 0.3 is 6.03 Å². The summed E-state index contributed by atoms with van der Waals surface area (Å²) in [5.41, 5.74) is 4.86. The topological polar surface area (TPSA) is 53.4 Å². The van der Waals surface area contributed by atoms with Crippen LogP contribution in [0, 0.1) is 11.6 Å². The van der Waals surface area contributed by atoms with Crippen molar-refractivity contribution in [3.63, 3.8) is 0 Å². The smallest absolute Gasteiger partial charge is 0.317 e. The lowest BCUT2D eigenvalue weighted by atomic mass is 10.0. The van der Waals surface area contributed by atoms with E-state index in [2.05, 4.69) is 10.2 Å². The van der Waals surface area contributed by atoms with E-state index >= 15 is 0 Å². The molecular weight excluding hydrogens is 424 g/mol. The van der Waals surface area contributed by atoms with E-state index in [1.807, 2.05) is 30.7 Å². The standard InChI is InChI=1S/C25H29F2N5O/c1-3-28-25(33)31(4-2)17-23-22-16-30(15-18-5-7-19(26)8-6-18)14-13-24(22)32(29-23)21-11-9-20(27)10-12-21/h5-12H,3-4,13-17H2,1-2H3,(H,28,33). The van der Waals surface area contributed by atoms with Crippen LogP contribution < -0.4 is 5.32 Å². The van der Waals surface area contributed by atoms with Gasteiger partial charge in [-0.05, 0) is 55.8 Å².